The molecule has 2 aliphatic heterocycles. The highest BCUT2D eigenvalue weighted by atomic mass is 19.1. The van der Waals surface area contributed by atoms with Gasteiger partial charge in [0.1, 0.15) is 5.82 Å². The number of carbonyl (C=O) groups is 3. The minimum atomic E-state index is -0.447. The summed E-state index contributed by atoms with van der Waals surface area (Å²) in [4.78, 5) is 40.6. The van der Waals surface area contributed by atoms with Gasteiger partial charge in [0.2, 0.25) is 0 Å². The SMILES string of the molecule is O=C(c1cccc(F)c1)N1CCC(N2C(=O)c3ccccc3C2=O)CC1. The molecule has 0 radical (unpaired) electrons. The van der Waals surface area contributed by atoms with E-state index in [0.29, 0.717) is 42.6 Å². The first-order chi connectivity index (χ1) is 12.6. The Balaban J connectivity index is 1.45. The van der Waals surface area contributed by atoms with E-state index in [9.17, 15) is 18.8 Å². The number of piperidine rings is 1. The molecule has 0 saturated carbocycles. The van der Waals surface area contributed by atoms with E-state index >= 15 is 0 Å². The molecule has 0 bridgehead atoms. The topological polar surface area (TPSA) is 57.7 Å². The number of amides is 3. The number of carbonyl (C=O) groups excluding carboxylic acids is 3. The molecule has 0 N–H and O–H groups in total. The lowest BCUT2D eigenvalue weighted by Crippen LogP contribution is -2.48. The molecule has 1 fully saturated rings. The van der Waals surface area contributed by atoms with Gasteiger partial charge in [0, 0.05) is 24.7 Å². The number of halogens is 1. The summed E-state index contributed by atoms with van der Waals surface area (Å²) in [6.07, 6.45) is 1.04. The molecule has 6 heteroatoms. The number of rotatable bonds is 2. The summed E-state index contributed by atoms with van der Waals surface area (Å²) in [6, 6.07) is 12.2. The highest BCUT2D eigenvalue weighted by molar-refractivity contribution is 6.21. The summed E-state index contributed by atoms with van der Waals surface area (Å²) in [6.45, 7) is 0.848. The Bertz CT molecular complexity index is 868. The highest BCUT2D eigenvalue weighted by Gasteiger charge is 2.41. The van der Waals surface area contributed by atoms with Crippen molar-refractivity contribution in [2.45, 2.75) is 18.9 Å². The van der Waals surface area contributed by atoms with E-state index in [1.54, 1.807) is 35.2 Å². The largest absolute Gasteiger partial charge is 0.338 e. The van der Waals surface area contributed by atoms with Gasteiger partial charge in [0.05, 0.1) is 11.1 Å². The second-order valence-electron chi connectivity index (χ2n) is 6.56. The van der Waals surface area contributed by atoms with Crippen LogP contribution < -0.4 is 0 Å². The van der Waals surface area contributed by atoms with Gasteiger partial charge in [-0.1, -0.05) is 18.2 Å². The molecule has 0 aromatic heterocycles. The maximum absolute atomic E-state index is 13.3. The van der Waals surface area contributed by atoms with E-state index in [0.717, 1.165) is 0 Å². The zero-order valence-corrected chi connectivity index (χ0v) is 14.0. The molecular weight excluding hydrogens is 335 g/mol. The third kappa shape index (κ3) is 2.67. The van der Waals surface area contributed by atoms with Crippen molar-refractivity contribution in [1.82, 2.24) is 9.80 Å². The van der Waals surface area contributed by atoms with Crippen molar-refractivity contribution >= 4 is 17.7 Å². The molecule has 0 aliphatic carbocycles. The van der Waals surface area contributed by atoms with Gasteiger partial charge in [-0.3, -0.25) is 19.3 Å². The van der Waals surface area contributed by atoms with Crippen molar-refractivity contribution in [1.29, 1.82) is 0 Å². The van der Waals surface area contributed by atoms with Crippen LogP contribution in [0.5, 0.6) is 0 Å². The number of fused-ring (bicyclic) bond motifs is 1. The van der Waals surface area contributed by atoms with Crippen LogP contribution in [-0.4, -0.2) is 46.7 Å². The van der Waals surface area contributed by atoms with E-state index < -0.39 is 5.82 Å². The molecule has 3 amide bonds. The van der Waals surface area contributed by atoms with Crippen LogP contribution in [0.4, 0.5) is 4.39 Å². The molecule has 2 aromatic rings. The molecule has 26 heavy (non-hydrogen) atoms. The van der Waals surface area contributed by atoms with Crippen LogP contribution in [-0.2, 0) is 0 Å². The zero-order chi connectivity index (χ0) is 18.3. The number of nitrogens with zero attached hydrogens (tertiary/aromatic N) is 2. The van der Waals surface area contributed by atoms with Gasteiger partial charge in [-0.25, -0.2) is 4.39 Å². The third-order valence-electron chi connectivity index (χ3n) is 5.01. The van der Waals surface area contributed by atoms with E-state index in [1.165, 1.54) is 23.1 Å². The van der Waals surface area contributed by atoms with Crippen molar-refractivity contribution in [3.05, 3.63) is 71.0 Å². The molecule has 0 unspecified atom stereocenters. The molecule has 5 nitrogen and oxygen atoms in total. The van der Waals surface area contributed by atoms with Gasteiger partial charge in [-0.2, -0.15) is 0 Å². The zero-order valence-electron chi connectivity index (χ0n) is 14.0. The average molecular weight is 352 g/mol. The smallest absolute Gasteiger partial charge is 0.261 e. The Morgan fingerprint density at radius 2 is 1.54 bits per heavy atom. The monoisotopic (exact) mass is 352 g/mol. The first-order valence-corrected chi connectivity index (χ1v) is 8.58. The molecule has 2 aromatic carbocycles. The van der Waals surface area contributed by atoms with Crippen LogP contribution in [0.25, 0.3) is 0 Å². The van der Waals surface area contributed by atoms with Gasteiger partial charge < -0.3 is 4.90 Å². The number of benzene rings is 2. The van der Waals surface area contributed by atoms with Crippen LogP contribution in [0.2, 0.25) is 0 Å². The normalized spacial score (nSPS) is 17.6. The van der Waals surface area contributed by atoms with Crippen LogP contribution in [0.3, 0.4) is 0 Å². The quantitative estimate of drug-likeness (QED) is 0.781. The second kappa shape index (κ2) is 6.37. The van der Waals surface area contributed by atoms with Crippen molar-refractivity contribution in [2.24, 2.45) is 0 Å². The lowest BCUT2D eigenvalue weighted by atomic mass is 10.0. The Morgan fingerprint density at radius 3 is 2.12 bits per heavy atom. The Labute approximate surface area is 150 Å². The van der Waals surface area contributed by atoms with Gasteiger partial charge >= 0.3 is 0 Å². The fraction of sp³-hybridized carbons (Fsp3) is 0.250. The van der Waals surface area contributed by atoms with Crippen molar-refractivity contribution < 1.29 is 18.8 Å². The van der Waals surface area contributed by atoms with E-state index in [-0.39, 0.29) is 23.8 Å². The van der Waals surface area contributed by atoms with Crippen LogP contribution >= 0.6 is 0 Å². The van der Waals surface area contributed by atoms with Gasteiger partial charge in [0.25, 0.3) is 17.7 Å². The molecule has 132 valence electrons. The molecule has 0 atom stereocenters. The van der Waals surface area contributed by atoms with Gasteiger partial charge in [-0.15, -0.1) is 0 Å². The minimum absolute atomic E-state index is 0.223. The summed E-state index contributed by atoms with van der Waals surface area (Å²) in [5.41, 5.74) is 1.19. The maximum Gasteiger partial charge on any atom is 0.261 e. The first-order valence-electron chi connectivity index (χ1n) is 8.58. The predicted molar refractivity (Wildman–Crippen MR) is 92.3 cm³/mol. The summed E-state index contributed by atoms with van der Waals surface area (Å²) >= 11 is 0. The van der Waals surface area contributed by atoms with Gasteiger partial charge in [0.15, 0.2) is 0 Å². The van der Waals surface area contributed by atoms with E-state index in [2.05, 4.69) is 0 Å². The van der Waals surface area contributed by atoms with Crippen LogP contribution in [0.1, 0.15) is 43.9 Å². The lowest BCUT2D eigenvalue weighted by molar-refractivity contribution is 0.0478. The molecule has 2 aliphatic rings. The second-order valence-corrected chi connectivity index (χ2v) is 6.56. The van der Waals surface area contributed by atoms with Crippen molar-refractivity contribution in [2.75, 3.05) is 13.1 Å². The number of hydrogen-bond acceptors (Lipinski definition) is 3. The molecule has 0 spiro atoms. The molecule has 2 heterocycles. The fourth-order valence-electron chi connectivity index (χ4n) is 3.67. The standard InChI is InChI=1S/C20H17FN2O3/c21-14-5-3-4-13(12-14)18(24)22-10-8-15(9-11-22)23-19(25)16-6-1-2-7-17(16)20(23)26/h1-7,12,15H,8-11H2. The predicted octanol–water partition coefficient (Wildman–Crippen LogP) is 2.73. The molecule has 4 rings (SSSR count). The first kappa shape index (κ1) is 16.4. The Morgan fingerprint density at radius 1 is 0.923 bits per heavy atom. The number of hydrogen-bond donors (Lipinski definition) is 0. The van der Waals surface area contributed by atoms with Crippen molar-refractivity contribution in [3.63, 3.8) is 0 Å². The maximum atomic E-state index is 13.3. The van der Waals surface area contributed by atoms with Gasteiger partial charge in [-0.05, 0) is 43.2 Å². The summed E-state index contributed by atoms with van der Waals surface area (Å²) in [5.74, 6) is -1.21. The third-order valence-corrected chi connectivity index (χ3v) is 5.01. The van der Waals surface area contributed by atoms with E-state index in [4.69, 9.17) is 0 Å². The lowest BCUT2D eigenvalue weighted by Gasteiger charge is -2.35. The molecule has 1 saturated heterocycles. The number of imide groups is 1. The summed E-state index contributed by atoms with van der Waals surface area (Å²) in [7, 11) is 0. The summed E-state index contributed by atoms with van der Waals surface area (Å²) in [5, 5.41) is 0. The van der Waals surface area contributed by atoms with Crippen LogP contribution in [0.15, 0.2) is 48.5 Å². The summed E-state index contributed by atoms with van der Waals surface area (Å²) < 4.78 is 13.3. The van der Waals surface area contributed by atoms with E-state index in [1.807, 2.05) is 0 Å². The fourth-order valence-corrected chi connectivity index (χ4v) is 3.67. The highest BCUT2D eigenvalue weighted by Crippen LogP contribution is 2.28. The Kier molecular flexibility index (Phi) is 4.03. The average Bonchev–Trinajstić information content (AvgIpc) is 2.92. The Hall–Kier alpha value is -3.02. The van der Waals surface area contributed by atoms with Crippen molar-refractivity contribution in [3.8, 4) is 0 Å². The van der Waals surface area contributed by atoms with Crippen LogP contribution in [0, 0.1) is 5.82 Å². The molecular formula is C20H17FN2O3. The number of likely N-dealkylation sites (tertiary alicyclic amines) is 1. The minimum Gasteiger partial charge on any atom is -0.338 e.